The molecular weight excluding hydrogens is 386 g/mol. The summed E-state index contributed by atoms with van der Waals surface area (Å²) in [6.45, 7) is 0. The number of hydrogen-bond acceptors (Lipinski definition) is 2. The minimum atomic E-state index is -0.250. The molecule has 3 nitrogen and oxygen atoms in total. The first-order valence-electron chi connectivity index (χ1n) is 5.88. The fourth-order valence-electron chi connectivity index (χ4n) is 1.91. The van der Waals surface area contributed by atoms with Crippen LogP contribution in [0.4, 0.5) is 5.69 Å². The Morgan fingerprint density at radius 1 is 1.05 bits per heavy atom. The highest BCUT2D eigenvalue weighted by Gasteiger charge is 2.21. The number of carbonyl (C=O) groups excluding carboxylic acids is 1. The lowest BCUT2D eigenvalue weighted by Gasteiger charge is -2.19. The van der Waals surface area contributed by atoms with Gasteiger partial charge in [0.05, 0.1) is 5.69 Å². The van der Waals surface area contributed by atoms with Gasteiger partial charge < -0.3 is 10.1 Å². The first kappa shape index (κ1) is 13.4. The fraction of sp³-hybridized carbons (Fsp3) is 0. The molecule has 0 saturated carbocycles. The van der Waals surface area contributed by atoms with E-state index in [1.54, 1.807) is 12.1 Å². The number of benzene rings is 2. The molecule has 0 bridgehead atoms. The Morgan fingerprint density at radius 2 is 1.75 bits per heavy atom. The molecule has 1 amide bonds. The maximum absolute atomic E-state index is 12.0. The van der Waals surface area contributed by atoms with Gasteiger partial charge in [0.2, 0.25) is 0 Å². The third-order valence-corrected chi connectivity index (χ3v) is 3.68. The van der Waals surface area contributed by atoms with Gasteiger partial charge in [0.25, 0.3) is 5.91 Å². The number of anilines is 1. The molecule has 2 aromatic carbocycles. The van der Waals surface area contributed by atoms with Gasteiger partial charge in [0.15, 0.2) is 11.5 Å². The lowest BCUT2D eigenvalue weighted by Crippen LogP contribution is -2.23. The third-order valence-electron chi connectivity index (χ3n) is 2.76. The zero-order chi connectivity index (χ0) is 14.1. The molecule has 0 atom stereocenters. The monoisotopic (exact) mass is 393 g/mol. The van der Waals surface area contributed by atoms with E-state index in [9.17, 15) is 4.79 Å². The number of fused-ring (bicyclic) bond motifs is 1. The molecule has 0 fully saturated rings. The van der Waals surface area contributed by atoms with Crippen LogP contribution in [0, 0.1) is 0 Å². The second-order valence-electron chi connectivity index (χ2n) is 4.26. The molecule has 0 spiro atoms. The number of rotatable bonds is 1. The summed E-state index contributed by atoms with van der Waals surface area (Å²) in [5, 5.41) is 2.80. The SMILES string of the molecule is O=C1Nc2ccccc2OC1=Cc1cc(Br)cc(Br)c1. The van der Waals surface area contributed by atoms with E-state index in [2.05, 4.69) is 37.2 Å². The van der Waals surface area contributed by atoms with E-state index in [0.29, 0.717) is 11.4 Å². The second-order valence-corrected chi connectivity index (χ2v) is 6.10. The van der Waals surface area contributed by atoms with Crippen molar-refractivity contribution in [3.63, 3.8) is 0 Å². The summed E-state index contributed by atoms with van der Waals surface area (Å²) in [5.74, 6) is 0.668. The Bertz CT molecular complexity index is 705. The van der Waals surface area contributed by atoms with Gasteiger partial charge in [-0.2, -0.15) is 0 Å². The highest BCUT2D eigenvalue weighted by molar-refractivity contribution is 9.11. The van der Waals surface area contributed by atoms with Crippen molar-refractivity contribution in [1.29, 1.82) is 0 Å². The second kappa shape index (κ2) is 5.42. The molecule has 0 saturated heterocycles. The maximum atomic E-state index is 12.0. The van der Waals surface area contributed by atoms with E-state index < -0.39 is 0 Å². The molecule has 20 heavy (non-hydrogen) atoms. The van der Waals surface area contributed by atoms with Crippen molar-refractivity contribution < 1.29 is 9.53 Å². The first-order valence-corrected chi connectivity index (χ1v) is 7.46. The van der Waals surface area contributed by atoms with E-state index in [1.807, 2.05) is 36.4 Å². The molecule has 0 radical (unpaired) electrons. The zero-order valence-corrected chi connectivity index (χ0v) is 13.4. The Balaban J connectivity index is 1.98. The molecule has 3 rings (SSSR count). The normalized spacial score (nSPS) is 15.5. The lowest BCUT2D eigenvalue weighted by molar-refractivity contribution is -0.115. The molecule has 5 heteroatoms. The average molecular weight is 395 g/mol. The van der Waals surface area contributed by atoms with Crippen molar-refractivity contribution in [2.24, 2.45) is 0 Å². The van der Waals surface area contributed by atoms with Gasteiger partial charge in [0, 0.05) is 8.95 Å². The minimum Gasteiger partial charge on any atom is -0.449 e. The Labute approximate surface area is 132 Å². The van der Waals surface area contributed by atoms with Crippen LogP contribution in [0.5, 0.6) is 5.75 Å². The number of nitrogens with one attached hydrogen (secondary N) is 1. The van der Waals surface area contributed by atoms with Crippen LogP contribution in [0.2, 0.25) is 0 Å². The molecule has 0 aromatic heterocycles. The average Bonchev–Trinajstić information content (AvgIpc) is 2.38. The molecule has 100 valence electrons. The van der Waals surface area contributed by atoms with Gasteiger partial charge >= 0.3 is 0 Å². The van der Waals surface area contributed by atoms with Crippen LogP contribution in [-0.2, 0) is 4.79 Å². The largest absolute Gasteiger partial charge is 0.449 e. The molecule has 1 N–H and O–H groups in total. The summed E-state index contributed by atoms with van der Waals surface area (Å²) in [7, 11) is 0. The molecule has 1 aliphatic heterocycles. The summed E-state index contributed by atoms with van der Waals surface area (Å²) in [5.41, 5.74) is 1.56. The fourth-order valence-corrected chi connectivity index (χ4v) is 3.24. The van der Waals surface area contributed by atoms with E-state index in [0.717, 1.165) is 14.5 Å². The standard InChI is InChI=1S/C15H9Br2NO2/c16-10-5-9(6-11(17)8-10)7-14-15(19)18-12-3-1-2-4-13(12)20-14/h1-8H,(H,18,19). The predicted molar refractivity (Wildman–Crippen MR) is 85.5 cm³/mol. The minimum absolute atomic E-state index is 0.250. The highest BCUT2D eigenvalue weighted by Crippen LogP contribution is 2.31. The van der Waals surface area contributed by atoms with Crippen molar-refractivity contribution in [3.8, 4) is 5.75 Å². The predicted octanol–water partition coefficient (Wildman–Crippen LogP) is 4.58. The van der Waals surface area contributed by atoms with Gasteiger partial charge in [-0.1, -0.05) is 44.0 Å². The van der Waals surface area contributed by atoms with Gasteiger partial charge in [-0.25, -0.2) is 0 Å². The molecule has 2 aromatic rings. The number of para-hydroxylation sites is 2. The highest BCUT2D eigenvalue weighted by atomic mass is 79.9. The van der Waals surface area contributed by atoms with Crippen molar-refractivity contribution in [3.05, 3.63) is 62.7 Å². The number of halogens is 2. The quantitative estimate of drug-likeness (QED) is 0.718. The van der Waals surface area contributed by atoms with E-state index in [1.165, 1.54) is 0 Å². The van der Waals surface area contributed by atoms with Crippen LogP contribution in [0.15, 0.2) is 57.2 Å². The Morgan fingerprint density at radius 3 is 2.50 bits per heavy atom. The van der Waals surface area contributed by atoms with Crippen LogP contribution < -0.4 is 10.1 Å². The summed E-state index contributed by atoms with van der Waals surface area (Å²) >= 11 is 6.84. The number of hydrogen-bond donors (Lipinski definition) is 1. The van der Waals surface area contributed by atoms with Crippen molar-refractivity contribution in [1.82, 2.24) is 0 Å². The van der Waals surface area contributed by atoms with E-state index in [4.69, 9.17) is 4.74 Å². The van der Waals surface area contributed by atoms with Crippen LogP contribution in [0.3, 0.4) is 0 Å². The third kappa shape index (κ3) is 2.78. The Kier molecular flexibility index (Phi) is 3.63. The number of ether oxygens (including phenoxy) is 1. The zero-order valence-electron chi connectivity index (χ0n) is 10.2. The molecule has 0 aliphatic carbocycles. The summed E-state index contributed by atoms with van der Waals surface area (Å²) in [6.07, 6.45) is 1.71. The van der Waals surface area contributed by atoms with E-state index >= 15 is 0 Å². The molecular formula is C15H9Br2NO2. The first-order chi connectivity index (χ1) is 9.61. The van der Waals surface area contributed by atoms with Crippen LogP contribution in [-0.4, -0.2) is 5.91 Å². The van der Waals surface area contributed by atoms with Crippen LogP contribution in [0.1, 0.15) is 5.56 Å². The lowest BCUT2D eigenvalue weighted by atomic mass is 10.2. The van der Waals surface area contributed by atoms with Crippen LogP contribution in [0.25, 0.3) is 6.08 Å². The molecule has 0 unspecified atom stereocenters. The van der Waals surface area contributed by atoms with Crippen LogP contribution >= 0.6 is 31.9 Å². The van der Waals surface area contributed by atoms with Crippen molar-refractivity contribution in [2.75, 3.05) is 5.32 Å². The van der Waals surface area contributed by atoms with Gasteiger partial charge in [-0.05, 0) is 42.0 Å². The topological polar surface area (TPSA) is 38.3 Å². The molecule has 1 heterocycles. The van der Waals surface area contributed by atoms with Gasteiger partial charge in [-0.15, -0.1) is 0 Å². The summed E-state index contributed by atoms with van der Waals surface area (Å²) in [6, 6.07) is 13.1. The maximum Gasteiger partial charge on any atom is 0.291 e. The molecule has 1 aliphatic rings. The van der Waals surface area contributed by atoms with Crippen molar-refractivity contribution in [2.45, 2.75) is 0 Å². The summed E-state index contributed by atoms with van der Waals surface area (Å²) < 4.78 is 7.50. The smallest absolute Gasteiger partial charge is 0.291 e. The van der Waals surface area contributed by atoms with Crippen molar-refractivity contribution >= 4 is 49.5 Å². The number of amides is 1. The number of carbonyl (C=O) groups is 1. The van der Waals surface area contributed by atoms with Gasteiger partial charge in [0.1, 0.15) is 0 Å². The van der Waals surface area contributed by atoms with E-state index in [-0.39, 0.29) is 11.7 Å². The Hall–Kier alpha value is -1.59. The van der Waals surface area contributed by atoms with Gasteiger partial charge in [-0.3, -0.25) is 4.79 Å². The summed E-state index contributed by atoms with van der Waals surface area (Å²) in [4.78, 5) is 12.0.